The summed E-state index contributed by atoms with van der Waals surface area (Å²) in [6.45, 7) is 2.02. The molecule has 3 atom stereocenters. The highest BCUT2D eigenvalue weighted by atomic mass is 16.4. The lowest BCUT2D eigenvalue weighted by molar-refractivity contribution is -0.138. The fourth-order valence-electron chi connectivity index (χ4n) is 7.02. The third kappa shape index (κ3) is 13.0. The largest absolute Gasteiger partial charge is 0.481 e. The molecule has 2 aromatic heterocycles. The van der Waals surface area contributed by atoms with Crippen molar-refractivity contribution in [3.63, 3.8) is 0 Å². The maximum absolute atomic E-state index is 14.0. The van der Waals surface area contributed by atoms with Gasteiger partial charge in [-0.25, -0.2) is 4.98 Å². The van der Waals surface area contributed by atoms with Crippen molar-refractivity contribution in [2.75, 3.05) is 11.9 Å². The van der Waals surface area contributed by atoms with Crippen LogP contribution in [-0.4, -0.2) is 79.7 Å². The fraction of sp³-hybridized carbons (Fsp3) is 0.395. The van der Waals surface area contributed by atoms with Crippen LogP contribution in [0.4, 0.5) is 11.6 Å². The zero-order chi connectivity index (χ0) is 42.2. The van der Waals surface area contributed by atoms with E-state index in [-0.39, 0.29) is 31.6 Å². The Bertz CT molecular complexity index is 2060. The molecule has 5 amide bonds. The van der Waals surface area contributed by atoms with Crippen molar-refractivity contribution in [3.05, 3.63) is 90.3 Å². The van der Waals surface area contributed by atoms with Gasteiger partial charge in [-0.2, -0.15) is 0 Å². The maximum atomic E-state index is 14.0. The molecule has 1 aliphatic rings. The first-order valence-electron chi connectivity index (χ1n) is 20.0. The number of carboxylic acid groups (broad SMARTS) is 1. The minimum Gasteiger partial charge on any atom is -0.481 e. The number of hydrogen-bond acceptors (Lipinski definition) is 9. The maximum Gasteiger partial charge on any atom is 0.303 e. The second kappa shape index (κ2) is 21.3. The number of aromatic amines is 1. The lowest BCUT2D eigenvalue weighted by Gasteiger charge is -2.36. The van der Waals surface area contributed by atoms with Crippen LogP contribution >= 0.6 is 0 Å². The molecule has 5 rings (SSSR count). The molecule has 0 bridgehead atoms. The first kappa shape index (κ1) is 43.5. The predicted molar refractivity (Wildman–Crippen MR) is 223 cm³/mol. The monoisotopic (exact) mass is 807 g/mol. The van der Waals surface area contributed by atoms with Crippen molar-refractivity contribution in [1.82, 2.24) is 36.2 Å². The number of nitrogens with one attached hydrogen (secondary N) is 6. The van der Waals surface area contributed by atoms with E-state index in [1.807, 2.05) is 42.5 Å². The summed E-state index contributed by atoms with van der Waals surface area (Å²) in [6, 6.07) is 16.2. The molecule has 1 aliphatic carbocycles. The number of fused-ring (bicyclic) bond motifs is 1. The first-order chi connectivity index (χ1) is 28.4. The Balaban J connectivity index is 1.25. The topological polar surface area (TPSA) is 250 Å². The van der Waals surface area contributed by atoms with Crippen LogP contribution in [0.2, 0.25) is 0 Å². The van der Waals surface area contributed by atoms with Crippen LogP contribution in [0.3, 0.4) is 0 Å². The van der Waals surface area contributed by atoms with Gasteiger partial charge in [0.05, 0.1) is 17.0 Å². The lowest BCUT2D eigenvalue weighted by atomic mass is 9.80. The Morgan fingerprint density at radius 3 is 2.27 bits per heavy atom. The minimum absolute atomic E-state index is 0.0250. The van der Waals surface area contributed by atoms with E-state index in [2.05, 4.69) is 41.5 Å². The van der Waals surface area contributed by atoms with E-state index in [4.69, 9.17) is 5.73 Å². The van der Waals surface area contributed by atoms with Crippen LogP contribution in [-0.2, 0) is 28.8 Å². The van der Waals surface area contributed by atoms with Crippen molar-refractivity contribution in [3.8, 4) is 0 Å². The molecule has 0 radical (unpaired) electrons. The quantitative estimate of drug-likeness (QED) is 0.0437. The molecule has 0 aliphatic heterocycles. The Labute approximate surface area is 342 Å². The van der Waals surface area contributed by atoms with Crippen molar-refractivity contribution in [1.29, 1.82) is 0 Å². The second-order valence-corrected chi connectivity index (χ2v) is 14.9. The Hall–Kier alpha value is -6.58. The van der Waals surface area contributed by atoms with E-state index in [1.165, 1.54) is 6.08 Å². The summed E-state index contributed by atoms with van der Waals surface area (Å²) in [7, 11) is 0. The number of nitrogens with two attached hydrogens (primary N) is 1. The van der Waals surface area contributed by atoms with Crippen molar-refractivity contribution in [2.24, 2.45) is 5.73 Å². The number of carboxylic acids is 1. The number of carbonyl (C=O) groups is 6. The molecule has 312 valence electrons. The molecule has 2 heterocycles. The van der Waals surface area contributed by atoms with Gasteiger partial charge < -0.3 is 42.4 Å². The van der Waals surface area contributed by atoms with E-state index in [9.17, 15) is 33.9 Å². The molecule has 1 unspecified atom stereocenters. The molecule has 4 aromatic rings. The number of aromatic nitrogens is 3. The third-order valence-corrected chi connectivity index (χ3v) is 10.5. The smallest absolute Gasteiger partial charge is 0.303 e. The number of nitrogens with zero attached hydrogens (tertiary/aromatic N) is 2. The van der Waals surface area contributed by atoms with Gasteiger partial charge in [-0.3, -0.25) is 33.8 Å². The molecule has 9 N–H and O–H groups in total. The average molecular weight is 808 g/mol. The molecule has 0 spiro atoms. The predicted octanol–water partition coefficient (Wildman–Crippen LogP) is 4.33. The molecule has 16 heteroatoms. The van der Waals surface area contributed by atoms with Gasteiger partial charge in [-0.05, 0) is 99.4 Å². The molecular weight excluding hydrogens is 755 g/mol. The number of para-hydroxylation sites is 2. The summed E-state index contributed by atoms with van der Waals surface area (Å²) < 4.78 is 0. The summed E-state index contributed by atoms with van der Waals surface area (Å²) in [5.41, 5.74) is 8.41. The zero-order valence-electron chi connectivity index (χ0n) is 33.2. The zero-order valence-corrected chi connectivity index (χ0v) is 33.2. The van der Waals surface area contributed by atoms with Crippen LogP contribution in [0, 0.1) is 0 Å². The highest BCUT2D eigenvalue weighted by Crippen LogP contribution is 2.28. The molecule has 0 saturated heterocycles. The third-order valence-electron chi connectivity index (χ3n) is 10.5. The lowest BCUT2D eigenvalue weighted by Crippen LogP contribution is -2.62. The molecular formula is C43H53N9O7. The van der Waals surface area contributed by atoms with Crippen molar-refractivity contribution in [2.45, 2.75) is 101 Å². The molecule has 59 heavy (non-hydrogen) atoms. The molecule has 2 aromatic carbocycles. The number of carbonyl (C=O) groups excluding carboxylic acids is 5. The number of H-pyrrole nitrogens is 1. The van der Waals surface area contributed by atoms with Gasteiger partial charge in [0, 0.05) is 37.1 Å². The highest BCUT2D eigenvalue weighted by Gasteiger charge is 2.41. The number of pyridine rings is 1. The molecule has 16 nitrogen and oxygen atoms in total. The number of primary amides is 1. The Kier molecular flexibility index (Phi) is 15.7. The number of amides is 5. The summed E-state index contributed by atoms with van der Waals surface area (Å²) in [5, 5.41) is 23.7. The summed E-state index contributed by atoms with van der Waals surface area (Å²) >= 11 is 0. The Morgan fingerprint density at radius 1 is 0.864 bits per heavy atom. The standard InChI is InChI=1S/C43H53N9O7/c1-28(30-18-20-31(21-19-30)47-42-50-32-12-3-4-13-33(32)51-42)38(56)48-34(14-5-8-26-46-36(53)22-17-29-11-10-25-45-27-29)39(57)49-35(15-9-16-37(54)55)40(58)52-43(41(44)59)23-6-2-7-24-43/h3-4,10-13,17-22,25,27-28,34-35H,2,5-9,14-16,23-24,26H2,1H3,(H2,44,59)(H,46,53)(H,48,56)(H,49,57)(H,52,58)(H,54,55)(H2,47,50,51)/b22-17+/t28?,34-,35-/m1/s1. The van der Waals surface area contributed by atoms with E-state index >= 15 is 0 Å². The Morgan fingerprint density at radius 2 is 1.58 bits per heavy atom. The minimum atomic E-state index is -1.27. The number of hydrogen-bond donors (Lipinski definition) is 8. The van der Waals surface area contributed by atoms with Crippen LogP contribution in [0.5, 0.6) is 0 Å². The van der Waals surface area contributed by atoms with E-state index < -0.39 is 53.1 Å². The highest BCUT2D eigenvalue weighted by molar-refractivity contribution is 5.96. The number of rotatable bonds is 21. The second-order valence-electron chi connectivity index (χ2n) is 14.9. The van der Waals surface area contributed by atoms with Crippen LogP contribution in [0.25, 0.3) is 17.1 Å². The van der Waals surface area contributed by atoms with Crippen LogP contribution < -0.4 is 32.3 Å². The fourth-order valence-corrected chi connectivity index (χ4v) is 7.02. The van der Waals surface area contributed by atoms with Gasteiger partial charge in [0.25, 0.3) is 0 Å². The normalized spacial score (nSPS) is 15.1. The van der Waals surface area contributed by atoms with Gasteiger partial charge in [0.1, 0.15) is 17.6 Å². The van der Waals surface area contributed by atoms with Gasteiger partial charge in [0.15, 0.2) is 0 Å². The number of aliphatic carboxylic acids is 1. The number of anilines is 2. The summed E-state index contributed by atoms with van der Waals surface area (Å²) in [5.74, 6) is -3.87. The van der Waals surface area contributed by atoms with Gasteiger partial charge >= 0.3 is 5.97 Å². The SMILES string of the molecule is CC(C(=O)N[C@H](CCCCNC(=O)/C=C/c1cccnc1)C(=O)N[C@H](CCCC(=O)O)C(=O)NC1(C(N)=O)CCCCC1)c1ccc(Nc2nc3ccccc3[nH]2)cc1. The summed E-state index contributed by atoms with van der Waals surface area (Å²) in [4.78, 5) is 89.6. The van der Waals surface area contributed by atoms with E-state index in [1.54, 1.807) is 43.6 Å². The number of imidazole rings is 1. The van der Waals surface area contributed by atoms with Crippen molar-refractivity contribution >= 4 is 64.3 Å². The molecule has 1 fully saturated rings. The van der Waals surface area contributed by atoms with E-state index in [0.717, 1.165) is 28.7 Å². The van der Waals surface area contributed by atoms with Gasteiger partial charge in [-0.1, -0.05) is 49.6 Å². The molecule has 1 saturated carbocycles. The van der Waals surface area contributed by atoms with Gasteiger partial charge in [-0.15, -0.1) is 0 Å². The van der Waals surface area contributed by atoms with Crippen LogP contribution in [0.15, 0.2) is 79.1 Å². The summed E-state index contributed by atoms with van der Waals surface area (Å²) in [6.07, 6.45) is 10.2. The number of unbranched alkanes of at least 4 members (excludes halogenated alkanes) is 1. The average Bonchev–Trinajstić information content (AvgIpc) is 3.64. The number of benzene rings is 2. The van der Waals surface area contributed by atoms with Crippen molar-refractivity contribution < 1.29 is 33.9 Å². The van der Waals surface area contributed by atoms with E-state index in [0.29, 0.717) is 56.6 Å². The first-order valence-corrected chi connectivity index (χ1v) is 20.0. The van der Waals surface area contributed by atoms with Gasteiger partial charge in [0.2, 0.25) is 35.5 Å². The van der Waals surface area contributed by atoms with Crippen LogP contribution in [0.1, 0.15) is 94.6 Å².